The molecule has 10 heteroatoms. The van der Waals surface area contributed by atoms with E-state index < -0.39 is 11.8 Å². The number of pyridine rings is 1. The zero-order valence-corrected chi connectivity index (χ0v) is 19.7. The molecule has 0 aliphatic heterocycles. The third-order valence-corrected chi connectivity index (χ3v) is 5.43. The molecule has 7 nitrogen and oxygen atoms in total. The first-order valence-electron chi connectivity index (χ1n) is 11.3. The average Bonchev–Trinajstić information content (AvgIpc) is 2.87. The minimum atomic E-state index is -4.83. The number of nitrogens with zero attached hydrogens (tertiary/aromatic N) is 5. The second-order valence-corrected chi connectivity index (χ2v) is 8.12. The molecule has 0 bridgehead atoms. The number of aromatic nitrogens is 3. The fourth-order valence-corrected chi connectivity index (χ4v) is 3.67. The van der Waals surface area contributed by atoms with Crippen LogP contribution in [-0.2, 0) is 25.9 Å². The number of fused-ring (bicyclic) bond motifs is 1. The van der Waals surface area contributed by atoms with Gasteiger partial charge in [-0.1, -0.05) is 54.1 Å². The Morgan fingerprint density at radius 3 is 2.42 bits per heavy atom. The van der Waals surface area contributed by atoms with Crippen molar-refractivity contribution in [2.45, 2.75) is 32.8 Å². The van der Waals surface area contributed by atoms with Crippen molar-refractivity contribution in [2.24, 2.45) is 10.2 Å². The van der Waals surface area contributed by atoms with Crippen molar-refractivity contribution >= 4 is 17.5 Å². The summed E-state index contributed by atoms with van der Waals surface area (Å²) in [7, 11) is 0. The fourth-order valence-electron chi connectivity index (χ4n) is 3.67. The molecule has 2 aromatic carbocycles. The van der Waals surface area contributed by atoms with Gasteiger partial charge in [-0.15, -0.1) is 28.1 Å². The van der Waals surface area contributed by atoms with Gasteiger partial charge in [0.05, 0.1) is 11.4 Å². The summed E-state index contributed by atoms with van der Waals surface area (Å²) in [5.74, 6) is -0.186. The fraction of sp³-hybridized carbons (Fsp3) is 0.231. The van der Waals surface area contributed by atoms with Crippen LogP contribution in [0.4, 0.5) is 13.2 Å². The molecule has 186 valence electrons. The molecule has 0 radical (unpaired) electrons. The van der Waals surface area contributed by atoms with Crippen molar-refractivity contribution in [3.8, 4) is 5.88 Å². The van der Waals surface area contributed by atoms with Gasteiger partial charge >= 0.3 is 6.30 Å². The number of aryl methyl sites for hydroxylation is 1. The molecule has 4 rings (SSSR count). The SMILES string of the molecule is C=N/N=c1/c2ccccc2c(OCc2cccc(CNCCc3ccc(C)cc3)n2)nn1C(F)(F)F. The molecule has 0 saturated heterocycles. The van der Waals surface area contributed by atoms with Crippen molar-refractivity contribution in [3.05, 3.63) is 94.7 Å². The third-order valence-electron chi connectivity index (χ3n) is 5.43. The van der Waals surface area contributed by atoms with Gasteiger partial charge in [-0.3, -0.25) is 4.98 Å². The molecule has 0 amide bonds. The Kier molecular flexibility index (Phi) is 7.74. The van der Waals surface area contributed by atoms with E-state index in [2.05, 4.69) is 63.5 Å². The highest BCUT2D eigenvalue weighted by molar-refractivity contribution is 5.85. The minimum absolute atomic E-state index is 0.0533. The van der Waals surface area contributed by atoms with Crippen molar-refractivity contribution in [2.75, 3.05) is 6.54 Å². The number of nitrogens with one attached hydrogen (secondary N) is 1. The molecule has 0 aliphatic rings. The summed E-state index contributed by atoms with van der Waals surface area (Å²) in [6.07, 6.45) is -3.93. The van der Waals surface area contributed by atoms with Gasteiger partial charge in [-0.05, 0) is 43.7 Å². The quantitative estimate of drug-likeness (QED) is 0.209. The standard InChI is InChI=1S/C26H25F3N6O/c1-18-10-12-19(13-11-18)14-15-31-16-20-6-5-7-21(32-20)17-36-25-23-9-4-3-8-22(23)24(33-30-2)35(34-25)26(27,28)29/h3-13,31H,2,14-17H2,1H3/b33-24-. The van der Waals surface area contributed by atoms with Gasteiger partial charge in [0.1, 0.15) is 6.61 Å². The monoisotopic (exact) mass is 494 g/mol. The van der Waals surface area contributed by atoms with Crippen LogP contribution in [0, 0.1) is 6.92 Å². The average molecular weight is 495 g/mol. The lowest BCUT2D eigenvalue weighted by atomic mass is 10.1. The molecular weight excluding hydrogens is 469 g/mol. The maximum Gasteiger partial charge on any atom is 0.506 e. The van der Waals surface area contributed by atoms with E-state index in [9.17, 15) is 13.2 Å². The molecule has 0 spiro atoms. The van der Waals surface area contributed by atoms with Crippen molar-refractivity contribution in [1.82, 2.24) is 20.1 Å². The van der Waals surface area contributed by atoms with E-state index in [1.165, 1.54) is 17.2 Å². The van der Waals surface area contributed by atoms with Crippen LogP contribution >= 0.6 is 0 Å². The topological polar surface area (TPSA) is 76.7 Å². The van der Waals surface area contributed by atoms with Gasteiger partial charge in [0, 0.05) is 24.0 Å². The van der Waals surface area contributed by atoms with E-state index in [4.69, 9.17) is 4.74 Å². The van der Waals surface area contributed by atoms with Gasteiger partial charge in [0.15, 0.2) is 5.49 Å². The van der Waals surface area contributed by atoms with Crippen LogP contribution in [0.5, 0.6) is 5.88 Å². The minimum Gasteiger partial charge on any atom is -0.470 e. The van der Waals surface area contributed by atoms with Gasteiger partial charge in [-0.2, -0.15) is 5.10 Å². The molecule has 0 atom stereocenters. The Morgan fingerprint density at radius 2 is 1.69 bits per heavy atom. The maximum atomic E-state index is 13.7. The Hall–Kier alpha value is -4.05. The number of halogens is 3. The highest BCUT2D eigenvalue weighted by Gasteiger charge is 2.34. The summed E-state index contributed by atoms with van der Waals surface area (Å²) in [5.41, 5.74) is 3.37. The molecule has 4 aromatic rings. The largest absolute Gasteiger partial charge is 0.506 e. The summed E-state index contributed by atoms with van der Waals surface area (Å²) in [6, 6.07) is 20.3. The van der Waals surface area contributed by atoms with Crippen LogP contribution in [0.15, 0.2) is 76.9 Å². The summed E-state index contributed by atoms with van der Waals surface area (Å²) in [6.45, 7) is 6.52. The molecular formula is C26H25F3N6O. The van der Waals surface area contributed by atoms with Gasteiger partial charge in [0.25, 0.3) is 0 Å². The van der Waals surface area contributed by atoms with Gasteiger partial charge < -0.3 is 10.1 Å². The summed E-state index contributed by atoms with van der Waals surface area (Å²) in [5, 5.41) is 14.4. The van der Waals surface area contributed by atoms with Crippen LogP contribution in [0.25, 0.3) is 10.8 Å². The van der Waals surface area contributed by atoms with E-state index in [-0.39, 0.29) is 22.6 Å². The molecule has 0 aliphatic carbocycles. The Morgan fingerprint density at radius 1 is 0.972 bits per heavy atom. The number of alkyl halides is 3. The van der Waals surface area contributed by atoms with Crippen LogP contribution in [0.2, 0.25) is 0 Å². The molecule has 0 saturated carbocycles. The lowest BCUT2D eigenvalue weighted by molar-refractivity contribution is -0.216. The zero-order chi connectivity index (χ0) is 25.5. The number of ether oxygens (including phenoxy) is 1. The number of hydrogen-bond donors (Lipinski definition) is 1. The zero-order valence-electron chi connectivity index (χ0n) is 19.7. The molecule has 36 heavy (non-hydrogen) atoms. The lowest BCUT2D eigenvalue weighted by Crippen LogP contribution is -2.34. The Bertz CT molecular complexity index is 1410. The third kappa shape index (κ3) is 6.14. The van der Waals surface area contributed by atoms with E-state index >= 15 is 0 Å². The molecule has 0 unspecified atom stereocenters. The summed E-state index contributed by atoms with van der Waals surface area (Å²) in [4.78, 5) is 4.56. The molecule has 2 heterocycles. The number of benzene rings is 2. The van der Waals surface area contributed by atoms with E-state index in [0.29, 0.717) is 17.6 Å². The number of rotatable bonds is 9. The highest BCUT2D eigenvalue weighted by atomic mass is 19.4. The Balaban J connectivity index is 1.47. The van der Waals surface area contributed by atoms with E-state index in [0.717, 1.165) is 18.7 Å². The highest BCUT2D eigenvalue weighted by Crippen LogP contribution is 2.26. The second kappa shape index (κ2) is 11.1. The summed E-state index contributed by atoms with van der Waals surface area (Å²) >= 11 is 0. The van der Waals surface area contributed by atoms with E-state index in [1.54, 1.807) is 24.3 Å². The van der Waals surface area contributed by atoms with Gasteiger partial charge in [-0.25, -0.2) is 0 Å². The first kappa shape index (κ1) is 25.1. The molecule has 2 aromatic heterocycles. The van der Waals surface area contributed by atoms with E-state index in [1.807, 2.05) is 12.1 Å². The van der Waals surface area contributed by atoms with Gasteiger partial charge in [0.2, 0.25) is 5.88 Å². The molecule has 1 N–H and O–H groups in total. The molecule has 0 fully saturated rings. The Labute approximate surface area is 206 Å². The predicted octanol–water partition coefficient (Wildman–Crippen LogP) is 4.64. The van der Waals surface area contributed by atoms with Crippen LogP contribution in [-0.4, -0.2) is 28.0 Å². The maximum absolute atomic E-state index is 13.7. The number of hydrogen-bond acceptors (Lipinski definition) is 6. The van der Waals surface area contributed by atoms with Crippen LogP contribution in [0.3, 0.4) is 0 Å². The predicted molar refractivity (Wildman–Crippen MR) is 131 cm³/mol. The lowest BCUT2D eigenvalue weighted by Gasteiger charge is -2.15. The second-order valence-electron chi connectivity index (χ2n) is 8.12. The normalized spacial score (nSPS) is 12.2. The van der Waals surface area contributed by atoms with Crippen LogP contribution < -0.4 is 15.5 Å². The first-order chi connectivity index (χ1) is 17.3. The summed E-state index contributed by atoms with van der Waals surface area (Å²) < 4.78 is 46.6. The van der Waals surface area contributed by atoms with Crippen molar-refractivity contribution in [3.63, 3.8) is 0 Å². The van der Waals surface area contributed by atoms with Crippen LogP contribution in [0.1, 0.15) is 22.5 Å². The van der Waals surface area contributed by atoms with Crippen molar-refractivity contribution < 1.29 is 17.9 Å². The smallest absolute Gasteiger partial charge is 0.470 e. The van der Waals surface area contributed by atoms with Crippen molar-refractivity contribution in [1.29, 1.82) is 0 Å². The first-order valence-corrected chi connectivity index (χ1v) is 11.3.